The van der Waals surface area contributed by atoms with Crippen LogP contribution < -0.4 is 0 Å². The lowest BCUT2D eigenvalue weighted by Gasteiger charge is -2.70. The number of hydrogen-bond donors (Lipinski definition) is 2. The Morgan fingerprint density at radius 3 is 2.14 bits per heavy atom. The van der Waals surface area contributed by atoms with Gasteiger partial charge in [0, 0.05) is 11.8 Å². The number of aliphatic carboxylic acids is 2. The number of rotatable bonds is 2. The smallest absolute Gasteiger partial charge is 0.310 e. The third-order valence-electron chi connectivity index (χ3n) is 13.1. The first-order chi connectivity index (χ1) is 16.1. The highest BCUT2D eigenvalue weighted by atomic mass is 16.4. The number of ketones is 1. The highest BCUT2D eigenvalue weighted by Gasteiger charge is 2.69. The monoisotopic (exact) mass is 484 g/mol. The van der Waals surface area contributed by atoms with Crippen molar-refractivity contribution in [1.82, 2.24) is 0 Å². The van der Waals surface area contributed by atoms with Crippen molar-refractivity contribution >= 4 is 17.7 Å². The lowest BCUT2D eigenvalue weighted by atomic mass is 9.33. The SMILES string of the molecule is CC1(C)C(=O)CC[C@]2(C)[C@H]3CC=C4[C@@H]5C[C@](C)(C(=O)O)CC[C@]5(C(=O)O)CC[C@@]4(C)[C@]3(C)CC[C@@H]12. The van der Waals surface area contributed by atoms with Crippen LogP contribution in [-0.2, 0) is 14.4 Å². The van der Waals surface area contributed by atoms with Crippen molar-refractivity contribution in [3.63, 3.8) is 0 Å². The van der Waals surface area contributed by atoms with Crippen LogP contribution in [0.25, 0.3) is 0 Å². The molecule has 0 heterocycles. The minimum absolute atomic E-state index is 0.0144. The molecule has 0 saturated heterocycles. The number of carbonyl (C=O) groups excluding carboxylic acids is 1. The van der Waals surface area contributed by atoms with Crippen LogP contribution in [0.3, 0.4) is 0 Å². The Bertz CT molecular complexity index is 1030. The number of carboxylic acid groups (broad SMARTS) is 2. The van der Waals surface area contributed by atoms with E-state index in [9.17, 15) is 24.6 Å². The molecule has 5 aliphatic carbocycles. The molecule has 194 valence electrons. The average molecular weight is 485 g/mol. The van der Waals surface area contributed by atoms with Gasteiger partial charge in [0.1, 0.15) is 5.78 Å². The van der Waals surface area contributed by atoms with Gasteiger partial charge >= 0.3 is 11.9 Å². The molecule has 0 bridgehead atoms. The molecule has 5 heteroatoms. The van der Waals surface area contributed by atoms with Gasteiger partial charge in [-0.1, -0.05) is 46.3 Å². The molecule has 0 aliphatic heterocycles. The van der Waals surface area contributed by atoms with Crippen LogP contribution in [0, 0.1) is 50.2 Å². The standard InChI is InChI=1S/C30H44O5/c1-25(2)20-9-12-29(6)21(27(20,4)11-10-22(25)31)8-7-18-19-17-26(3,23(32)33)13-15-30(19,24(34)35)16-14-28(18,29)5/h7,19-21H,8-17H2,1-6H3,(H,32,33)(H,34,35)/t19-,20-,21+,26+,27-,28+,29+,30-/m0/s1. The zero-order valence-corrected chi connectivity index (χ0v) is 22.5. The molecule has 5 nitrogen and oxygen atoms in total. The van der Waals surface area contributed by atoms with Crippen molar-refractivity contribution in [2.45, 2.75) is 106 Å². The highest BCUT2D eigenvalue weighted by molar-refractivity contribution is 5.85. The van der Waals surface area contributed by atoms with Crippen molar-refractivity contribution in [3.8, 4) is 0 Å². The van der Waals surface area contributed by atoms with E-state index in [0.717, 1.165) is 32.1 Å². The second-order valence-electron chi connectivity index (χ2n) is 14.5. The largest absolute Gasteiger partial charge is 0.481 e. The van der Waals surface area contributed by atoms with Gasteiger partial charge in [0.05, 0.1) is 10.8 Å². The van der Waals surface area contributed by atoms with Crippen LogP contribution in [0.1, 0.15) is 106 Å². The molecule has 0 aromatic rings. The summed E-state index contributed by atoms with van der Waals surface area (Å²) in [5.41, 5.74) is -0.821. The highest BCUT2D eigenvalue weighted by Crippen LogP contribution is 2.75. The zero-order chi connectivity index (χ0) is 25.8. The van der Waals surface area contributed by atoms with Gasteiger partial charge in [-0.15, -0.1) is 0 Å². The molecule has 0 spiro atoms. The third-order valence-corrected chi connectivity index (χ3v) is 13.1. The van der Waals surface area contributed by atoms with E-state index < -0.39 is 22.8 Å². The van der Waals surface area contributed by atoms with Crippen LogP contribution in [0.5, 0.6) is 0 Å². The summed E-state index contributed by atoms with van der Waals surface area (Å²) in [6, 6.07) is 0. The summed E-state index contributed by atoms with van der Waals surface area (Å²) in [6.07, 6.45) is 9.71. The van der Waals surface area contributed by atoms with Gasteiger partial charge in [-0.25, -0.2) is 0 Å². The Kier molecular flexibility index (Phi) is 5.16. The first-order valence-electron chi connectivity index (χ1n) is 13.8. The number of carboxylic acids is 2. The number of carbonyl (C=O) groups is 3. The molecule has 4 fully saturated rings. The Morgan fingerprint density at radius 2 is 1.51 bits per heavy atom. The predicted octanol–water partition coefficient (Wildman–Crippen LogP) is 6.51. The average Bonchev–Trinajstić information content (AvgIpc) is 2.77. The fourth-order valence-corrected chi connectivity index (χ4v) is 10.5. The van der Waals surface area contributed by atoms with Gasteiger partial charge < -0.3 is 10.2 Å². The maximum atomic E-state index is 12.9. The second kappa shape index (κ2) is 7.22. The molecule has 8 atom stereocenters. The Morgan fingerprint density at radius 1 is 0.857 bits per heavy atom. The quantitative estimate of drug-likeness (QED) is 0.436. The van der Waals surface area contributed by atoms with E-state index in [0.29, 0.717) is 49.7 Å². The van der Waals surface area contributed by atoms with Gasteiger partial charge in [0.2, 0.25) is 0 Å². The molecular formula is C30H44O5. The van der Waals surface area contributed by atoms with E-state index in [2.05, 4.69) is 40.7 Å². The summed E-state index contributed by atoms with van der Waals surface area (Å²) < 4.78 is 0. The minimum Gasteiger partial charge on any atom is -0.481 e. The fourth-order valence-electron chi connectivity index (χ4n) is 10.5. The Labute approximate surface area is 210 Å². The van der Waals surface area contributed by atoms with Crippen LogP contribution in [-0.4, -0.2) is 27.9 Å². The van der Waals surface area contributed by atoms with Gasteiger partial charge in [-0.2, -0.15) is 0 Å². The number of allylic oxidation sites excluding steroid dienone is 2. The topological polar surface area (TPSA) is 91.7 Å². The van der Waals surface area contributed by atoms with E-state index >= 15 is 0 Å². The summed E-state index contributed by atoms with van der Waals surface area (Å²) in [6.45, 7) is 13.4. The molecule has 4 saturated carbocycles. The predicted molar refractivity (Wildman–Crippen MR) is 134 cm³/mol. The molecule has 2 N–H and O–H groups in total. The van der Waals surface area contributed by atoms with Crippen molar-refractivity contribution < 1.29 is 24.6 Å². The van der Waals surface area contributed by atoms with Crippen molar-refractivity contribution in [2.24, 2.45) is 50.2 Å². The van der Waals surface area contributed by atoms with E-state index in [4.69, 9.17) is 0 Å². The molecule has 35 heavy (non-hydrogen) atoms. The van der Waals surface area contributed by atoms with Crippen molar-refractivity contribution in [1.29, 1.82) is 0 Å². The number of fused-ring (bicyclic) bond motifs is 7. The molecule has 5 aliphatic rings. The molecule has 0 amide bonds. The van der Waals surface area contributed by atoms with Gasteiger partial charge in [-0.05, 0) is 98.7 Å². The zero-order valence-electron chi connectivity index (χ0n) is 22.5. The third kappa shape index (κ3) is 2.90. The lowest BCUT2D eigenvalue weighted by molar-refractivity contribution is -0.191. The molecule has 0 radical (unpaired) electrons. The summed E-state index contributed by atoms with van der Waals surface area (Å²) in [5.74, 6) is -0.539. The van der Waals surface area contributed by atoms with E-state index in [1.807, 2.05) is 6.92 Å². The summed E-state index contributed by atoms with van der Waals surface area (Å²) in [4.78, 5) is 37.9. The van der Waals surface area contributed by atoms with E-state index in [1.165, 1.54) is 5.57 Å². The van der Waals surface area contributed by atoms with E-state index in [-0.39, 0.29) is 27.6 Å². The maximum Gasteiger partial charge on any atom is 0.310 e. The Hall–Kier alpha value is -1.65. The van der Waals surface area contributed by atoms with E-state index in [1.54, 1.807) is 0 Å². The first-order valence-corrected chi connectivity index (χ1v) is 13.8. The summed E-state index contributed by atoms with van der Waals surface area (Å²) in [5, 5.41) is 20.5. The lowest BCUT2D eigenvalue weighted by Crippen LogP contribution is -2.64. The molecule has 0 aromatic carbocycles. The second-order valence-corrected chi connectivity index (χ2v) is 14.5. The van der Waals surface area contributed by atoms with Crippen LogP contribution in [0.4, 0.5) is 0 Å². The van der Waals surface area contributed by atoms with Gasteiger partial charge in [-0.3, -0.25) is 14.4 Å². The van der Waals surface area contributed by atoms with Crippen molar-refractivity contribution in [2.75, 3.05) is 0 Å². The number of hydrogen-bond acceptors (Lipinski definition) is 3. The summed E-state index contributed by atoms with van der Waals surface area (Å²) in [7, 11) is 0. The normalized spacial score (nSPS) is 50.6. The summed E-state index contributed by atoms with van der Waals surface area (Å²) >= 11 is 0. The minimum atomic E-state index is -0.877. The molecule has 5 rings (SSSR count). The van der Waals surface area contributed by atoms with Crippen LogP contribution in [0.15, 0.2) is 11.6 Å². The van der Waals surface area contributed by atoms with Crippen LogP contribution in [0.2, 0.25) is 0 Å². The molecule has 0 aromatic heterocycles. The molecule has 0 unspecified atom stereocenters. The van der Waals surface area contributed by atoms with Crippen LogP contribution >= 0.6 is 0 Å². The number of Topliss-reactive ketones (excluding diaryl/α,β-unsaturated/α-hetero) is 1. The fraction of sp³-hybridized carbons (Fsp3) is 0.833. The Balaban J connectivity index is 1.61. The van der Waals surface area contributed by atoms with Gasteiger partial charge in [0.25, 0.3) is 0 Å². The first kappa shape index (κ1) is 25.0. The maximum absolute atomic E-state index is 12.9. The van der Waals surface area contributed by atoms with Crippen molar-refractivity contribution in [3.05, 3.63) is 11.6 Å². The molecular weight excluding hydrogens is 440 g/mol. The van der Waals surface area contributed by atoms with Gasteiger partial charge in [0.15, 0.2) is 0 Å².